The summed E-state index contributed by atoms with van der Waals surface area (Å²) in [7, 11) is 0. The minimum atomic E-state index is -0.333. The van der Waals surface area contributed by atoms with Crippen LogP contribution in [0.3, 0.4) is 0 Å². The number of rotatable bonds is 4. The smallest absolute Gasteiger partial charge is 0.146 e. The Hall–Kier alpha value is -1.77. The summed E-state index contributed by atoms with van der Waals surface area (Å²) in [6.07, 6.45) is 3.14. The lowest BCUT2D eigenvalue weighted by Gasteiger charge is -2.24. The summed E-state index contributed by atoms with van der Waals surface area (Å²) in [5.74, 6) is 0.827. The monoisotopic (exact) mass is 437 g/mol. The molecule has 0 unspecified atom stereocenters. The van der Waals surface area contributed by atoms with Crippen LogP contribution in [-0.4, -0.2) is 29.3 Å². The predicted octanol–water partition coefficient (Wildman–Crippen LogP) is 5.20. The lowest BCUT2D eigenvalue weighted by atomic mass is 10.1. The van der Waals surface area contributed by atoms with Crippen LogP contribution in [0.15, 0.2) is 28.3 Å². The SMILES string of the molecule is Cc1c(Br)sc2ncnc(Nc3ccc(F)cc3OC3CCOCC3)c12. The third-order valence-corrected chi connectivity index (χ3v) is 6.40. The molecule has 1 saturated heterocycles. The number of aromatic nitrogens is 2. The Bertz CT molecular complexity index is 944. The number of thiophene rings is 1. The Morgan fingerprint density at radius 2 is 2.12 bits per heavy atom. The molecular weight excluding hydrogens is 421 g/mol. The van der Waals surface area contributed by atoms with Gasteiger partial charge in [0, 0.05) is 18.9 Å². The number of fused-ring (bicyclic) bond motifs is 1. The second kappa shape index (κ2) is 7.46. The highest BCUT2D eigenvalue weighted by Gasteiger charge is 2.19. The molecule has 1 aliphatic rings. The van der Waals surface area contributed by atoms with E-state index in [1.165, 1.54) is 18.5 Å². The molecule has 3 aromatic rings. The van der Waals surface area contributed by atoms with Gasteiger partial charge in [0.15, 0.2) is 0 Å². The van der Waals surface area contributed by atoms with Crippen LogP contribution in [0.25, 0.3) is 10.2 Å². The molecule has 2 aromatic heterocycles. The Morgan fingerprint density at radius 1 is 1.31 bits per heavy atom. The van der Waals surface area contributed by atoms with Crippen LogP contribution in [0.4, 0.5) is 15.9 Å². The molecule has 0 amide bonds. The average molecular weight is 438 g/mol. The fourth-order valence-electron chi connectivity index (χ4n) is 2.94. The van der Waals surface area contributed by atoms with E-state index in [1.807, 2.05) is 6.92 Å². The maximum absolute atomic E-state index is 13.8. The van der Waals surface area contributed by atoms with Gasteiger partial charge in [-0.15, -0.1) is 11.3 Å². The zero-order chi connectivity index (χ0) is 18.1. The number of halogens is 2. The molecule has 1 aromatic carbocycles. The average Bonchev–Trinajstić information content (AvgIpc) is 2.93. The van der Waals surface area contributed by atoms with Crippen molar-refractivity contribution in [2.75, 3.05) is 18.5 Å². The molecule has 0 spiro atoms. The second-order valence-electron chi connectivity index (χ2n) is 6.10. The van der Waals surface area contributed by atoms with Crippen molar-refractivity contribution in [2.45, 2.75) is 25.9 Å². The van der Waals surface area contributed by atoms with Crippen molar-refractivity contribution in [3.63, 3.8) is 0 Å². The molecule has 5 nitrogen and oxygen atoms in total. The minimum absolute atomic E-state index is 0.0218. The Balaban J connectivity index is 1.68. The number of anilines is 2. The van der Waals surface area contributed by atoms with Crippen LogP contribution in [0, 0.1) is 12.7 Å². The third kappa shape index (κ3) is 3.54. The van der Waals surface area contributed by atoms with Crippen molar-refractivity contribution in [3.05, 3.63) is 39.7 Å². The van der Waals surface area contributed by atoms with E-state index < -0.39 is 0 Å². The normalized spacial score (nSPS) is 15.3. The van der Waals surface area contributed by atoms with Crippen LogP contribution >= 0.6 is 27.3 Å². The van der Waals surface area contributed by atoms with Crippen molar-refractivity contribution in [1.82, 2.24) is 9.97 Å². The first-order valence-corrected chi connectivity index (χ1v) is 9.93. The van der Waals surface area contributed by atoms with E-state index in [9.17, 15) is 4.39 Å². The quantitative estimate of drug-likeness (QED) is 0.607. The summed E-state index contributed by atoms with van der Waals surface area (Å²) in [5.41, 5.74) is 1.75. The van der Waals surface area contributed by atoms with E-state index in [2.05, 4.69) is 31.2 Å². The molecular formula is C18H17BrFN3O2S. The first-order chi connectivity index (χ1) is 12.6. The summed E-state index contributed by atoms with van der Waals surface area (Å²) in [5, 5.41) is 4.25. The minimum Gasteiger partial charge on any atom is -0.488 e. The zero-order valence-corrected chi connectivity index (χ0v) is 16.5. The Kier molecular flexibility index (Phi) is 5.06. The Labute approximate surface area is 162 Å². The van der Waals surface area contributed by atoms with E-state index in [0.29, 0.717) is 30.5 Å². The van der Waals surface area contributed by atoms with Gasteiger partial charge >= 0.3 is 0 Å². The molecule has 0 radical (unpaired) electrons. The number of ether oxygens (including phenoxy) is 2. The van der Waals surface area contributed by atoms with E-state index in [0.717, 1.165) is 32.4 Å². The zero-order valence-electron chi connectivity index (χ0n) is 14.1. The highest BCUT2D eigenvalue weighted by atomic mass is 79.9. The van der Waals surface area contributed by atoms with Crippen LogP contribution in [0.5, 0.6) is 5.75 Å². The largest absolute Gasteiger partial charge is 0.488 e. The van der Waals surface area contributed by atoms with Crippen LogP contribution < -0.4 is 10.1 Å². The number of benzene rings is 1. The van der Waals surface area contributed by atoms with Gasteiger partial charge in [0.1, 0.15) is 34.6 Å². The van der Waals surface area contributed by atoms with Gasteiger partial charge in [-0.25, -0.2) is 14.4 Å². The van der Waals surface area contributed by atoms with Crippen molar-refractivity contribution >= 4 is 49.0 Å². The summed E-state index contributed by atoms with van der Waals surface area (Å²) in [6, 6.07) is 4.50. The summed E-state index contributed by atoms with van der Waals surface area (Å²) < 4.78 is 26.2. The number of hydrogen-bond acceptors (Lipinski definition) is 6. The molecule has 8 heteroatoms. The fourth-order valence-corrected chi connectivity index (χ4v) is 4.47. The molecule has 1 N–H and O–H groups in total. The summed E-state index contributed by atoms with van der Waals surface area (Å²) >= 11 is 5.11. The van der Waals surface area contributed by atoms with Crippen molar-refractivity contribution in [1.29, 1.82) is 0 Å². The maximum Gasteiger partial charge on any atom is 0.146 e. The number of nitrogens with zero attached hydrogens (tertiary/aromatic N) is 2. The predicted molar refractivity (Wildman–Crippen MR) is 104 cm³/mol. The first kappa shape index (κ1) is 17.6. The topological polar surface area (TPSA) is 56.3 Å². The van der Waals surface area contributed by atoms with Crippen molar-refractivity contribution < 1.29 is 13.9 Å². The third-order valence-electron chi connectivity index (χ3n) is 4.33. The van der Waals surface area contributed by atoms with E-state index >= 15 is 0 Å². The lowest BCUT2D eigenvalue weighted by Crippen LogP contribution is -2.26. The summed E-state index contributed by atoms with van der Waals surface area (Å²) in [6.45, 7) is 3.34. The van der Waals surface area contributed by atoms with Gasteiger partial charge in [-0.1, -0.05) is 0 Å². The van der Waals surface area contributed by atoms with Crippen molar-refractivity contribution in [3.8, 4) is 5.75 Å². The first-order valence-electron chi connectivity index (χ1n) is 8.32. The highest BCUT2D eigenvalue weighted by molar-refractivity contribution is 9.11. The molecule has 3 heterocycles. The molecule has 1 aliphatic heterocycles. The molecule has 4 rings (SSSR count). The molecule has 26 heavy (non-hydrogen) atoms. The van der Waals surface area contributed by atoms with Gasteiger partial charge in [-0.3, -0.25) is 0 Å². The van der Waals surface area contributed by atoms with Crippen LogP contribution in [0.2, 0.25) is 0 Å². The molecule has 0 atom stereocenters. The highest BCUT2D eigenvalue weighted by Crippen LogP contribution is 2.39. The molecule has 1 fully saturated rings. The van der Waals surface area contributed by atoms with Gasteiger partial charge in [0.25, 0.3) is 0 Å². The van der Waals surface area contributed by atoms with Crippen LogP contribution in [-0.2, 0) is 4.74 Å². The molecule has 0 saturated carbocycles. The molecule has 0 bridgehead atoms. The molecule has 136 valence electrons. The van der Waals surface area contributed by atoms with E-state index in [1.54, 1.807) is 17.4 Å². The standard InChI is InChI=1S/C18H17BrFN3O2S/c1-10-15-17(21-9-22-18(15)26-16(10)19)23-13-3-2-11(20)8-14(13)25-12-4-6-24-7-5-12/h2-3,8-9,12H,4-7H2,1H3,(H,21,22,23). The number of nitrogens with one attached hydrogen (secondary N) is 1. The van der Waals surface area contributed by atoms with Gasteiger partial charge in [0.05, 0.1) is 28.1 Å². The summed E-state index contributed by atoms with van der Waals surface area (Å²) in [4.78, 5) is 9.60. The maximum atomic E-state index is 13.8. The second-order valence-corrected chi connectivity index (χ2v) is 8.42. The van der Waals surface area contributed by atoms with Crippen LogP contribution in [0.1, 0.15) is 18.4 Å². The number of hydrogen-bond donors (Lipinski definition) is 1. The Morgan fingerprint density at radius 3 is 2.92 bits per heavy atom. The fraction of sp³-hybridized carbons (Fsp3) is 0.333. The van der Waals surface area contributed by atoms with E-state index in [4.69, 9.17) is 9.47 Å². The lowest BCUT2D eigenvalue weighted by molar-refractivity contribution is 0.0257. The van der Waals surface area contributed by atoms with Gasteiger partial charge in [0.2, 0.25) is 0 Å². The van der Waals surface area contributed by atoms with Gasteiger partial charge in [-0.05, 0) is 40.5 Å². The van der Waals surface area contributed by atoms with E-state index in [-0.39, 0.29) is 11.9 Å². The molecule has 0 aliphatic carbocycles. The van der Waals surface area contributed by atoms with Crippen molar-refractivity contribution in [2.24, 2.45) is 0 Å². The number of aryl methyl sites for hydroxylation is 1. The van der Waals surface area contributed by atoms with Gasteiger partial charge in [-0.2, -0.15) is 0 Å². The van der Waals surface area contributed by atoms with Gasteiger partial charge < -0.3 is 14.8 Å².